The van der Waals surface area contributed by atoms with E-state index in [0.717, 1.165) is 6.04 Å². The number of piperidine rings is 1. The van der Waals surface area contributed by atoms with Crippen LogP contribution in [0.3, 0.4) is 0 Å². The predicted octanol–water partition coefficient (Wildman–Crippen LogP) is 1.15. The van der Waals surface area contributed by atoms with Crippen molar-refractivity contribution in [2.24, 2.45) is 0 Å². The smallest absolute Gasteiger partial charge is 0.0126 e. The van der Waals surface area contributed by atoms with Crippen molar-refractivity contribution in [3.63, 3.8) is 0 Å². The minimum absolute atomic E-state index is 0.347. The van der Waals surface area contributed by atoms with Crippen molar-refractivity contribution < 1.29 is 0 Å². The number of hydrogen-bond acceptors (Lipinski definition) is 3. The molecule has 3 nitrogen and oxygen atoms in total. The quantitative estimate of drug-likeness (QED) is 0.722. The lowest BCUT2D eigenvalue weighted by Gasteiger charge is -2.45. The van der Waals surface area contributed by atoms with Gasteiger partial charge in [-0.15, -0.1) is 0 Å². The molecule has 0 aliphatic carbocycles. The summed E-state index contributed by atoms with van der Waals surface area (Å²) < 4.78 is 0. The average molecular weight is 225 g/mol. The van der Waals surface area contributed by atoms with E-state index in [-0.39, 0.29) is 0 Å². The van der Waals surface area contributed by atoms with Crippen molar-refractivity contribution in [2.45, 2.75) is 45.2 Å². The average Bonchev–Trinajstić information content (AvgIpc) is 2.29. The first-order chi connectivity index (χ1) is 7.57. The molecule has 2 rings (SSSR count). The minimum Gasteiger partial charge on any atom is -0.317 e. The van der Waals surface area contributed by atoms with Gasteiger partial charge in [-0.2, -0.15) is 0 Å². The second kappa shape index (κ2) is 5.03. The molecule has 16 heavy (non-hydrogen) atoms. The van der Waals surface area contributed by atoms with Crippen LogP contribution >= 0.6 is 0 Å². The molecule has 0 aromatic heterocycles. The van der Waals surface area contributed by atoms with Gasteiger partial charge in [0, 0.05) is 37.8 Å². The highest BCUT2D eigenvalue weighted by atomic mass is 15.3. The van der Waals surface area contributed by atoms with E-state index in [4.69, 9.17) is 0 Å². The summed E-state index contributed by atoms with van der Waals surface area (Å²) in [7, 11) is 0. The Labute approximate surface area is 100 Å². The number of hydrogen-bond donors (Lipinski definition) is 1. The lowest BCUT2D eigenvalue weighted by atomic mass is 10.0. The van der Waals surface area contributed by atoms with Crippen molar-refractivity contribution in [1.82, 2.24) is 15.1 Å². The van der Waals surface area contributed by atoms with Gasteiger partial charge in [0.1, 0.15) is 0 Å². The van der Waals surface area contributed by atoms with E-state index in [0.29, 0.717) is 5.54 Å². The van der Waals surface area contributed by atoms with Crippen molar-refractivity contribution in [3.8, 4) is 0 Å². The summed E-state index contributed by atoms with van der Waals surface area (Å²) in [4.78, 5) is 5.33. The van der Waals surface area contributed by atoms with Gasteiger partial charge < -0.3 is 5.32 Å². The molecule has 1 N–H and O–H groups in total. The third-order valence-electron chi connectivity index (χ3n) is 4.09. The fourth-order valence-electron chi connectivity index (χ4n) is 2.93. The van der Waals surface area contributed by atoms with E-state index in [9.17, 15) is 0 Å². The molecule has 2 fully saturated rings. The molecular weight excluding hydrogens is 198 g/mol. The molecule has 0 aromatic rings. The van der Waals surface area contributed by atoms with Crippen LogP contribution in [-0.2, 0) is 0 Å². The summed E-state index contributed by atoms with van der Waals surface area (Å²) in [5.74, 6) is 0. The largest absolute Gasteiger partial charge is 0.317 e. The van der Waals surface area contributed by atoms with Crippen LogP contribution in [0.2, 0.25) is 0 Å². The van der Waals surface area contributed by atoms with E-state index in [2.05, 4.69) is 35.9 Å². The zero-order valence-electron chi connectivity index (χ0n) is 11.1. The predicted molar refractivity (Wildman–Crippen MR) is 68.8 cm³/mol. The summed E-state index contributed by atoms with van der Waals surface area (Å²) in [6.45, 7) is 14.4. The molecule has 0 radical (unpaired) electrons. The molecule has 0 bridgehead atoms. The van der Waals surface area contributed by atoms with Gasteiger partial charge in [-0.3, -0.25) is 9.80 Å². The molecule has 2 aliphatic heterocycles. The number of rotatable bonds is 1. The number of piperazine rings is 1. The third kappa shape index (κ3) is 2.96. The van der Waals surface area contributed by atoms with Crippen molar-refractivity contribution in [3.05, 3.63) is 0 Å². The molecule has 0 spiro atoms. The topological polar surface area (TPSA) is 18.5 Å². The highest BCUT2D eigenvalue weighted by Crippen LogP contribution is 2.19. The summed E-state index contributed by atoms with van der Waals surface area (Å²) in [6.07, 6.45) is 2.69. The molecule has 2 heterocycles. The van der Waals surface area contributed by atoms with Crippen LogP contribution in [0.25, 0.3) is 0 Å². The van der Waals surface area contributed by atoms with Crippen molar-refractivity contribution in [1.29, 1.82) is 0 Å². The molecule has 3 heteroatoms. The van der Waals surface area contributed by atoms with Gasteiger partial charge in [0.05, 0.1) is 0 Å². The number of nitrogens with zero attached hydrogens (tertiary/aromatic N) is 2. The summed E-state index contributed by atoms with van der Waals surface area (Å²) in [5.41, 5.74) is 0.347. The normalized spacial score (nSPS) is 27.2. The minimum atomic E-state index is 0.347. The fraction of sp³-hybridized carbons (Fsp3) is 1.00. The van der Waals surface area contributed by atoms with Gasteiger partial charge in [-0.1, -0.05) is 0 Å². The standard InChI is InChI=1S/C13H27N3/c1-13(2,3)16-10-8-15(9-11-16)12-4-6-14-7-5-12/h12,14H,4-11H2,1-3H3. The molecule has 2 aliphatic rings. The molecule has 94 valence electrons. The maximum absolute atomic E-state index is 3.45. The Morgan fingerprint density at radius 2 is 1.50 bits per heavy atom. The lowest BCUT2D eigenvalue weighted by molar-refractivity contribution is 0.0349. The van der Waals surface area contributed by atoms with Crippen molar-refractivity contribution >= 4 is 0 Å². The Morgan fingerprint density at radius 1 is 0.938 bits per heavy atom. The van der Waals surface area contributed by atoms with E-state index in [1.54, 1.807) is 0 Å². The Morgan fingerprint density at radius 3 is 2.00 bits per heavy atom. The summed E-state index contributed by atoms with van der Waals surface area (Å²) >= 11 is 0. The molecule has 0 atom stereocenters. The van der Waals surface area contributed by atoms with Crippen LogP contribution in [0.5, 0.6) is 0 Å². The Balaban J connectivity index is 1.80. The third-order valence-corrected chi connectivity index (χ3v) is 4.09. The fourth-order valence-corrected chi connectivity index (χ4v) is 2.93. The van der Waals surface area contributed by atoms with Crippen LogP contribution in [-0.4, -0.2) is 60.6 Å². The van der Waals surface area contributed by atoms with E-state index in [1.165, 1.54) is 52.1 Å². The Kier molecular flexibility index (Phi) is 3.88. The van der Waals surface area contributed by atoms with E-state index >= 15 is 0 Å². The van der Waals surface area contributed by atoms with E-state index in [1.807, 2.05) is 0 Å². The molecule has 0 aromatic carbocycles. The molecule has 0 unspecified atom stereocenters. The van der Waals surface area contributed by atoms with Crippen LogP contribution in [0.1, 0.15) is 33.6 Å². The Bertz CT molecular complexity index is 208. The first-order valence-electron chi connectivity index (χ1n) is 6.77. The number of nitrogens with one attached hydrogen (secondary N) is 1. The van der Waals surface area contributed by atoms with Gasteiger partial charge in [-0.05, 0) is 46.7 Å². The molecular formula is C13H27N3. The van der Waals surface area contributed by atoms with Gasteiger partial charge >= 0.3 is 0 Å². The molecule has 2 saturated heterocycles. The zero-order valence-corrected chi connectivity index (χ0v) is 11.1. The highest BCUT2D eigenvalue weighted by molar-refractivity contribution is 4.86. The second-order valence-electron chi connectivity index (χ2n) is 6.18. The van der Waals surface area contributed by atoms with Gasteiger partial charge in [-0.25, -0.2) is 0 Å². The van der Waals surface area contributed by atoms with Crippen LogP contribution in [0.15, 0.2) is 0 Å². The van der Waals surface area contributed by atoms with Gasteiger partial charge in [0.25, 0.3) is 0 Å². The van der Waals surface area contributed by atoms with Crippen LogP contribution in [0.4, 0.5) is 0 Å². The van der Waals surface area contributed by atoms with Crippen molar-refractivity contribution in [2.75, 3.05) is 39.3 Å². The monoisotopic (exact) mass is 225 g/mol. The van der Waals surface area contributed by atoms with Crippen LogP contribution < -0.4 is 5.32 Å². The maximum Gasteiger partial charge on any atom is 0.0126 e. The Hall–Kier alpha value is -0.120. The first-order valence-corrected chi connectivity index (χ1v) is 6.77. The lowest BCUT2D eigenvalue weighted by Crippen LogP contribution is -2.56. The highest BCUT2D eigenvalue weighted by Gasteiger charge is 2.29. The zero-order chi connectivity index (χ0) is 11.6. The maximum atomic E-state index is 3.45. The van der Waals surface area contributed by atoms with E-state index < -0.39 is 0 Å². The first kappa shape index (κ1) is 12.3. The molecule has 0 saturated carbocycles. The molecule has 0 amide bonds. The summed E-state index contributed by atoms with van der Waals surface area (Å²) in [5, 5.41) is 3.45. The second-order valence-corrected chi connectivity index (χ2v) is 6.18. The van der Waals surface area contributed by atoms with Gasteiger partial charge in [0.15, 0.2) is 0 Å². The summed E-state index contributed by atoms with van der Waals surface area (Å²) in [6, 6.07) is 0.850. The van der Waals surface area contributed by atoms with Crippen LogP contribution in [0, 0.1) is 0 Å². The van der Waals surface area contributed by atoms with Gasteiger partial charge in [0.2, 0.25) is 0 Å². The SMILES string of the molecule is CC(C)(C)N1CCN(C2CCNCC2)CC1.